The topological polar surface area (TPSA) is 24.5 Å². The van der Waals surface area contributed by atoms with Crippen LogP contribution in [0.5, 0.6) is 5.75 Å². The molecule has 3 nitrogen and oxygen atoms in total. The summed E-state index contributed by atoms with van der Waals surface area (Å²) in [6, 6.07) is 8.98. The Bertz CT molecular complexity index is 394. The summed E-state index contributed by atoms with van der Waals surface area (Å²) in [4.78, 5) is 2.60. The second-order valence-corrected chi connectivity index (χ2v) is 5.44. The van der Waals surface area contributed by atoms with E-state index in [0.29, 0.717) is 6.04 Å². The summed E-state index contributed by atoms with van der Waals surface area (Å²) in [5.41, 5.74) is 1.29. The van der Waals surface area contributed by atoms with E-state index >= 15 is 0 Å². The molecule has 2 atom stereocenters. The predicted molar refractivity (Wildman–Crippen MR) is 79.5 cm³/mol. The van der Waals surface area contributed by atoms with E-state index in [0.717, 1.165) is 37.8 Å². The van der Waals surface area contributed by atoms with Crippen molar-refractivity contribution < 1.29 is 4.74 Å². The molecule has 1 aromatic carbocycles. The Labute approximate surface area is 116 Å². The maximum Gasteiger partial charge on any atom is 0.123 e. The molecule has 1 heterocycles. The minimum atomic E-state index is 0.628. The molecule has 106 valence electrons. The molecule has 2 rings (SSSR count). The van der Waals surface area contributed by atoms with Crippen LogP contribution in [0.15, 0.2) is 24.3 Å². The number of ether oxygens (including phenoxy) is 1. The molecule has 1 aromatic rings. The monoisotopic (exact) mass is 262 g/mol. The van der Waals surface area contributed by atoms with E-state index in [9.17, 15) is 0 Å². The van der Waals surface area contributed by atoms with Crippen LogP contribution in [0.3, 0.4) is 0 Å². The van der Waals surface area contributed by atoms with Gasteiger partial charge < -0.3 is 10.1 Å². The molecule has 1 saturated heterocycles. The zero-order chi connectivity index (χ0) is 13.7. The number of nitrogens with one attached hydrogen (secondary N) is 1. The zero-order valence-electron chi connectivity index (χ0n) is 12.4. The lowest BCUT2D eigenvalue weighted by Crippen LogP contribution is -2.53. The molecule has 19 heavy (non-hydrogen) atoms. The molecule has 3 heteroatoms. The van der Waals surface area contributed by atoms with Gasteiger partial charge in [0.05, 0.1) is 7.11 Å². The lowest BCUT2D eigenvalue weighted by molar-refractivity contribution is 0.108. The minimum Gasteiger partial charge on any atom is -0.496 e. The molecule has 0 bridgehead atoms. The molecule has 1 N–H and O–H groups in total. The van der Waals surface area contributed by atoms with Gasteiger partial charge in [0.25, 0.3) is 0 Å². The number of hydrogen-bond donors (Lipinski definition) is 1. The first kappa shape index (κ1) is 14.4. The maximum atomic E-state index is 5.47. The Morgan fingerprint density at radius 1 is 1.42 bits per heavy atom. The Hall–Kier alpha value is -1.06. The normalized spacial score (nSPS) is 22.2. The molecule has 0 saturated carbocycles. The van der Waals surface area contributed by atoms with E-state index in [1.165, 1.54) is 12.0 Å². The van der Waals surface area contributed by atoms with E-state index in [-0.39, 0.29) is 0 Å². The second-order valence-electron chi connectivity index (χ2n) is 5.44. The lowest BCUT2D eigenvalue weighted by atomic mass is 9.95. The van der Waals surface area contributed by atoms with Gasteiger partial charge in [0.1, 0.15) is 5.75 Å². The third kappa shape index (κ3) is 3.48. The van der Waals surface area contributed by atoms with Gasteiger partial charge in [-0.25, -0.2) is 0 Å². The van der Waals surface area contributed by atoms with Crippen molar-refractivity contribution in [2.24, 2.45) is 5.92 Å². The van der Waals surface area contributed by atoms with Gasteiger partial charge in [-0.05, 0) is 12.0 Å². The smallest absolute Gasteiger partial charge is 0.123 e. The quantitative estimate of drug-likeness (QED) is 0.882. The van der Waals surface area contributed by atoms with E-state index in [1.807, 2.05) is 6.07 Å². The van der Waals surface area contributed by atoms with Crippen molar-refractivity contribution in [3.05, 3.63) is 29.8 Å². The van der Waals surface area contributed by atoms with Crippen molar-refractivity contribution in [1.82, 2.24) is 10.2 Å². The van der Waals surface area contributed by atoms with Gasteiger partial charge in [-0.3, -0.25) is 4.90 Å². The highest BCUT2D eigenvalue weighted by atomic mass is 16.5. The first-order chi connectivity index (χ1) is 9.26. The molecule has 1 aliphatic rings. The highest BCUT2D eigenvalue weighted by Gasteiger charge is 2.26. The Morgan fingerprint density at radius 3 is 2.95 bits per heavy atom. The van der Waals surface area contributed by atoms with Crippen molar-refractivity contribution in [1.29, 1.82) is 0 Å². The summed E-state index contributed by atoms with van der Waals surface area (Å²) < 4.78 is 5.47. The fourth-order valence-corrected chi connectivity index (χ4v) is 2.85. The number of hydrogen-bond acceptors (Lipinski definition) is 3. The molecule has 2 unspecified atom stereocenters. The molecule has 1 fully saturated rings. The number of methoxy groups -OCH3 is 1. The van der Waals surface area contributed by atoms with E-state index in [1.54, 1.807) is 7.11 Å². The van der Waals surface area contributed by atoms with Crippen LogP contribution in [0.4, 0.5) is 0 Å². The third-order valence-corrected chi connectivity index (χ3v) is 4.27. The van der Waals surface area contributed by atoms with Crippen LogP contribution >= 0.6 is 0 Å². The van der Waals surface area contributed by atoms with Gasteiger partial charge in [-0.15, -0.1) is 0 Å². The average molecular weight is 262 g/mol. The average Bonchev–Trinajstić information content (AvgIpc) is 2.47. The van der Waals surface area contributed by atoms with Gasteiger partial charge in [-0.1, -0.05) is 38.5 Å². The first-order valence-corrected chi connectivity index (χ1v) is 7.33. The molecule has 1 aliphatic heterocycles. The summed E-state index contributed by atoms with van der Waals surface area (Å²) in [5, 5.41) is 3.52. The SMILES string of the molecule is CCC(C)C1CNCCN1Cc1ccccc1OC. The minimum absolute atomic E-state index is 0.628. The molecule has 0 amide bonds. The van der Waals surface area contributed by atoms with E-state index < -0.39 is 0 Å². The summed E-state index contributed by atoms with van der Waals surface area (Å²) in [5.74, 6) is 1.73. The molecular formula is C16H26N2O. The van der Waals surface area contributed by atoms with Crippen LogP contribution in [-0.2, 0) is 6.54 Å². The molecule has 0 radical (unpaired) electrons. The van der Waals surface area contributed by atoms with Crippen molar-refractivity contribution in [2.75, 3.05) is 26.7 Å². The predicted octanol–water partition coefficient (Wildman–Crippen LogP) is 2.52. The number of para-hydroxylation sites is 1. The van der Waals surface area contributed by atoms with Crippen molar-refractivity contribution in [3.8, 4) is 5.75 Å². The molecule has 0 aromatic heterocycles. The van der Waals surface area contributed by atoms with Gasteiger partial charge in [0, 0.05) is 37.8 Å². The summed E-state index contributed by atoms with van der Waals surface area (Å²) in [7, 11) is 1.75. The number of rotatable bonds is 5. The highest BCUT2D eigenvalue weighted by Crippen LogP contribution is 2.23. The van der Waals surface area contributed by atoms with Gasteiger partial charge in [0.2, 0.25) is 0 Å². The number of benzene rings is 1. The van der Waals surface area contributed by atoms with Crippen LogP contribution in [-0.4, -0.2) is 37.7 Å². The Kier molecular flexibility index (Phi) is 5.23. The molecular weight excluding hydrogens is 236 g/mol. The van der Waals surface area contributed by atoms with Gasteiger partial charge in [-0.2, -0.15) is 0 Å². The second kappa shape index (κ2) is 6.92. The zero-order valence-corrected chi connectivity index (χ0v) is 12.4. The standard InChI is InChI=1S/C16H26N2O/c1-4-13(2)15-11-17-9-10-18(15)12-14-7-5-6-8-16(14)19-3/h5-8,13,15,17H,4,9-12H2,1-3H3. The van der Waals surface area contributed by atoms with Crippen LogP contribution < -0.4 is 10.1 Å². The van der Waals surface area contributed by atoms with E-state index in [2.05, 4.69) is 42.3 Å². The van der Waals surface area contributed by atoms with Crippen LogP contribution in [0.25, 0.3) is 0 Å². The van der Waals surface area contributed by atoms with Gasteiger partial charge >= 0.3 is 0 Å². The van der Waals surface area contributed by atoms with E-state index in [4.69, 9.17) is 4.74 Å². The van der Waals surface area contributed by atoms with Crippen molar-refractivity contribution >= 4 is 0 Å². The Morgan fingerprint density at radius 2 is 2.21 bits per heavy atom. The summed E-state index contributed by atoms with van der Waals surface area (Å²) >= 11 is 0. The maximum absolute atomic E-state index is 5.47. The number of nitrogens with zero attached hydrogens (tertiary/aromatic N) is 1. The summed E-state index contributed by atoms with van der Waals surface area (Å²) in [6.07, 6.45) is 1.23. The molecule has 0 aliphatic carbocycles. The third-order valence-electron chi connectivity index (χ3n) is 4.27. The van der Waals surface area contributed by atoms with Crippen LogP contribution in [0.2, 0.25) is 0 Å². The van der Waals surface area contributed by atoms with Crippen LogP contribution in [0.1, 0.15) is 25.8 Å². The fourth-order valence-electron chi connectivity index (χ4n) is 2.85. The summed E-state index contributed by atoms with van der Waals surface area (Å²) in [6.45, 7) is 8.92. The van der Waals surface area contributed by atoms with Crippen molar-refractivity contribution in [2.45, 2.75) is 32.9 Å². The number of piperazine rings is 1. The highest BCUT2D eigenvalue weighted by molar-refractivity contribution is 5.33. The lowest BCUT2D eigenvalue weighted by Gasteiger charge is -2.39. The first-order valence-electron chi connectivity index (χ1n) is 7.33. The van der Waals surface area contributed by atoms with Gasteiger partial charge in [0.15, 0.2) is 0 Å². The van der Waals surface area contributed by atoms with Crippen molar-refractivity contribution in [3.63, 3.8) is 0 Å². The Balaban J connectivity index is 2.10. The largest absolute Gasteiger partial charge is 0.496 e. The van der Waals surface area contributed by atoms with Crippen LogP contribution in [0, 0.1) is 5.92 Å². The fraction of sp³-hybridized carbons (Fsp3) is 0.625. The molecule has 0 spiro atoms.